The van der Waals surface area contributed by atoms with Crippen molar-refractivity contribution in [2.75, 3.05) is 13.6 Å². The van der Waals surface area contributed by atoms with Crippen molar-refractivity contribution in [1.29, 1.82) is 0 Å². The number of hydrogen-bond donors (Lipinski definition) is 0. The number of benzene rings is 1. The third kappa shape index (κ3) is 3.27. The van der Waals surface area contributed by atoms with Crippen molar-refractivity contribution in [3.05, 3.63) is 35.4 Å². The highest BCUT2D eigenvalue weighted by atomic mass is 79.9. The minimum Gasteiger partial charge on any atom is -0.341 e. The zero-order valence-corrected chi connectivity index (χ0v) is 10.6. The van der Waals surface area contributed by atoms with Crippen LogP contribution >= 0.6 is 15.9 Å². The Morgan fingerprint density at radius 1 is 1.50 bits per heavy atom. The number of carbonyl (C=O) groups excluding carboxylic acids is 1. The summed E-state index contributed by atoms with van der Waals surface area (Å²) in [5.74, 6) is -1.85. The fourth-order valence-electron chi connectivity index (χ4n) is 1.33. The number of alkyl halides is 1. The lowest BCUT2D eigenvalue weighted by molar-refractivity contribution is 0.0792. The second kappa shape index (κ2) is 5.39. The molecule has 0 aliphatic rings. The summed E-state index contributed by atoms with van der Waals surface area (Å²) >= 11 is 3.29. The summed E-state index contributed by atoms with van der Waals surface area (Å²) in [4.78, 5) is 13.2. The van der Waals surface area contributed by atoms with Crippen molar-refractivity contribution >= 4 is 21.8 Å². The third-order valence-electron chi connectivity index (χ3n) is 2.03. The van der Waals surface area contributed by atoms with E-state index in [-0.39, 0.29) is 10.4 Å². The summed E-state index contributed by atoms with van der Waals surface area (Å²) in [5, 5.41) is 0. The lowest BCUT2D eigenvalue weighted by atomic mass is 10.2. The molecule has 0 spiro atoms. The number of hydrogen-bond acceptors (Lipinski definition) is 1. The van der Waals surface area contributed by atoms with Gasteiger partial charge in [0.2, 0.25) is 0 Å². The van der Waals surface area contributed by atoms with E-state index in [4.69, 9.17) is 0 Å². The van der Waals surface area contributed by atoms with Crippen LogP contribution in [0.1, 0.15) is 17.3 Å². The molecule has 0 saturated carbocycles. The second-order valence-corrected chi connectivity index (χ2v) is 5.15. The molecule has 0 N–H and O–H groups in total. The highest BCUT2D eigenvalue weighted by Gasteiger charge is 2.17. The SMILES string of the molecule is CC(Br)CN(C)C(=O)c1cc(F)ccc1F. The van der Waals surface area contributed by atoms with Gasteiger partial charge in [-0.2, -0.15) is 0 Å². The van der Waals surface area contributed by atoms with Gasteiger partial charge in [0, 0.05) is 18.4 Å². The van der Waals surface area contributed by atoms with Crippen LogP contribution in [0.3, 0.4) is 0 Å². The van der Waals surface area contributed by atoms with Gasteiger partial charge in [0.1, 0.15) is 11.6 Å². The van der Waals surface area contributed by atoms with E-state index in [1.54, 1.807) is 7.05 Å². The Morgan fingerprint density at radius 2 is 2.12 bits per heavy atom. The zero-order chi connectivity index (χ0) is 12.3. The first-order chi connectivity index (χ1) is 7.41. The molecule has 0 fully saturated rings. The van der Waals surface area contributed by atoms with Crippen LogP contribution in [0.15, 0.2) is 18.2 Å². The minimum atomic E-state index is -0.708. The Bertz CT molecular complexity index is 396. The minimum absolute atomic E-state index is 0.0954. The second-order valence-electron chi connectivity index (χ2n) is 3.59. The summed E-state index contributed by atoms with van der Waals surface area (Å²) in [7, 11) is 1.55. The van der Waals surface area contributed by atoms with Gasteiger partial charge < -0.3 is 4.90 Å². The molecule has 0 radical (unpaired) electrons. The molecule has 1 aromatic rings. The van der Waals surface area contributed by atoms with Crippen molar-refractivity contribution in [2.45, 2.75) is 11.8 Å². The predicted molar refractivity (Wildman–Crippen MR) is 61.7 cm³/mol. The summed E-state index contributed by atoms with van der Waals surface area (Å²) in [6.45, 7) is 2.29. The molecular formula is C11H12BrF2NO. The quantitative estimate of drug-likeness (QED) is 0.784. The number of halogens is 3. The molecular weight excluding hydrogens is 280 g/mol. The van der Waals surface area contributed by atoms with Crippen LogP contribution in [0.25, 0.3) is 0 Å². The van der Waals surface area contributed by atoms with Gasteiger partial charge >= 0.3 is 0 Å². The van der Waals surface area contributed by atoms with E-state index in [1.165, 1.54) is 4.90 Å². The molecule has 1 aromatic carbocycles. The largest absolute Gasteiger partial charge is 0.341 e. The average molecular weight is 292 g/mol. The topological polar surface area (TPSA) is 20.3 Å². The van der Waals surface area contributed by atoms with Crippen LogP contribution in [-0.2, 0) is 0 Å². The van der Waals surface area contributed by atoms with Crippen molar-refractivity contribution < 1.29 is 13.6 Å². The number of nitrogens with zero attached hydrogens (tertiary/aromatic N) is 1. The van der Waals surface area contributed by atoms with Gasteiger partial charge in [0.15, 0.2) is 0 Å². The molecule has 0 aliphatic carbocycles. The molecule has 0 aliphatic heterocycles. The first kappa shape index (κ1) is 13.1. The van der Waals surface area contributed by atoms with Crippen molar-refractivity contribution in [3.8, 4) is 0 Å². The summed E-state index contributed by atoms with van der Waals surface area (Å²) < 4.78 is 26.2. The van der Waals surface area contributed by atoms with Gasteiger partial charge in [-0.15, -0.1) is 0 Å². The van der Waals surface area contributed by atoms with E-state index >= 15 is 0 Å². The number of carbonyl (C=O) groups is 1. The maximum Gasteiger partial charge on any atom is 0.256 e. The molecule has 1 atom stereocenters. The Balaban J connectivity index is 2.91. The molecule has 16 heavy (non-hydrogen) atoms. The van der Waals surface area contributed by atoms with Gasteiger partial charge in [0.25, 0.3) is 5.91 Å². The number of amides is 1. The van der Waals surface area contributed by atoms with Crippen molar-refractivity contribution in [1.82, 2.24) is 4.90 Å². The zero-order valence-electron chi connectivity index (χ0n) is 9.01. The van der Waals surface area contributed by atoms with E-state index in [0.717, 1.165) is 18.2 Å². The lowest BCUT2D eigenvalue weighted by Gasteiger charge is -2.18. The maximum atomic E-state index is 13.3. The smallest absolute Gasteiger partial charge is 0.256 e. The maximum absolute atomic E-state index is 13.3. The van der Waals surface area contributed by atoms with Gasteiger partial charge in [0.05, 0.1) is 5.56 Å². The van der Waals surface area contributed by atoms with Crippen LogP contribution < -0.4 is 0 Å². The molecule has 0 aromatic heterocycles. The highest BCUT2D eigenvalue weighted by Crippen LogP contribution is 2.12. The fraction of sp³-hybridized carbons (Fsp3) is 0.364. The van der Waals surface area contributed by atoms with Crippen molar-refractivity contribution in [2.24, 2.45) is 0 Å². The fourth-order valence-corrected chi connectivity index (χ4v) is 1.76. The standard InChI is InChI=1S/C11H12BrF2NO/c1-7(12)6-15(2)11(16)9-5-8(13)3-4-10(9)14/h3-5,7H,6H2,1-2H3. The molecule has 88 valence electrons. The summed E-state index contributed by atoms with van der Waals surface area (Å²) in [5.41, 5.74) is -0.240. The molecule has 0 saturated heterocycles. The van der Waals surface area contributed by atoms with Crippen LogP contribution in [-0.4, -0.2) is 29.2 Å². The molecule has 0 bridgehead atoms. The molecule has 2 nitrogen and oxygen atoms in total. The summed E-state index contributed by atoms with van der Waals surface area (Å²) in [6.07, 6.45) is 0. The number of rotatable bonds is 3. The van der Waals surface area contributed by atoms with E-state index in [0.29, 0.717) is 6.54 Å². The first-order valence-electron chi connectivity index (χ1n) is 4.76. The van der Waals surface area contributed by atoms with Crippen molar-refractivity contribution in [3.63, 3.8) is 0 Å². The molecule has 1 rings (SSSR count). The first-order valence-corrected chi connectivity index (χ1v) is 5.68. The van der Waals surface area contributed by atoms with E-state index < -0.39 is 17.5 Å². The van der Waals surface area contributed by atoms with E-state index in [9.17, 15) is 13.6 Å². The monoisotopic (exact) mass is 291 g/mol. The molecule has 5 heteroatoms. The Morgan fingerprint density at radius 3 is 2.69 bits per heavy atom. The van der Waals surface area contributed by atoms with E-state index in [2.05, 4.69) is 15.9 Å². The Kier molecular flexibility index (Phi) is 4.41. The molecule has 1 amide bonds. The Labute approximate surface area is 101 Å². The van der Waals surface area contributed by atoms with Gasteiger partial charge in [-0.1, -0.05) is 22.9 Å². The van der Waals surface area contributed by atoms with Crippen LogP contribution in [0.2, 0.25) is 0 Å². The lowest BCUT2D eigenvalue weighted by Crippen LogP contribution is -2.31. The van der Waals surface area contributed by atoms with Crippen LogP contribution in [0.4, 0.5) is 8.78 Å². The van der Waals surface area contributed by atoms with Gasteiger partial charge in [-0.3, -0.25) is 4.79 Å². The average Bonchev–Trinajstić information content (AvgIpc) is 2.19. The van der Waals surface area contributed by atoms with Crippen LogP contribution in [0, 0.1) is 11.6 Å². The van der Waals surface area contributed by atoms with E-state index in [1.807, 2.05) is 6.92 Å². The Hall–Kier alpha value is -0.970. The molecule has 1 unspecified atom stereocenters. The van der Waals surface area contributed by atoms with Gasteiger partial charge in [-0.25, -0.2) is 8.78 Å². The summed E-state index contributed by atoms with van der Waals surface area (Å²) in [6, 6.07) is 2.85. The highest BCUT2D eigenvalue weighted by molar-refractivity contribution is 9.09. The van der Waals surface area contributed by atoms with Gasteiger partial charge in [-0.05, 0) is 18.2 Å². The normalized spacial score (nSPS) is 12.3. The van der Waals surface area contributed by atoms with Crippen LogP contribution in [0.5, 0.6) is 0 Å². The third-order valence-corrected chi connectivity index (χ3v) is 2.32. The predicted octanol–water partition coefficient (Wildman–Crippen LogP) is 2.82. The molecule has 0 heterocycles.